The Morgan fingerprint density at radius 2 is 1.90 bits per heavy atom. The van der Waals surface area contributed by atoms with Gasteiger partial charge in [-0.2, -0.15) is 5.10 Å². The second kappa shape index (κ2) is 5.20. The Kier molecular flexibility index (Phi) is 3.23. The van der Waals surface area contributed by atoms with Crippen molar-refractivity contribution in [3.8, 4) is 17.1 Å². The first-order valence-corrected chi connectivity index (χ1v) is 6.47. The molecule has 0 amide bonds. The zero-order valence-electron chi connectivity index (χ0n) is 11.4. The number of aromatic carboxylic acids is 1. The first-order chi connectivity index (χ1) is 10.2. The van der Waals surface area contributed by atoms with Crippen molar-refractivity contribution in [2.45, 2.75) is 6.92 Å². The van der Waals surface area contributed by atoms with Crippen molar-refractivity contribution < 1.29 is 9.90 Å². The Labute approximate surface area is 121 Å². The third kappa shape index (κ3) is 2.41. The van der Waals surface area contributed by atoms with Crippen molar-refractivity contribution in [3.63, 3.8) is 0 Å². The van der Waals surface area contributed by atoms with Gasteiger partial charge in [-0.05, 0) is 30.7 Å². The predicted molar refractivity (Wildman–Crippen MR) is 78.5 cm³/mol. The number of nitrogens with zero attached hydrogens (tertiary/aromatic N) is 3. The first kappa shape index (κ1) is 13.1. The monoisotopic (exact) mass is 279 g/mol. The number of hydrogen-bond acceptors (Lipinski definition) is 3. The van der Waals surface area contributed by atoms with E-state index in [1.54, 1.807) is 10.9 Å². The van der Waals surface area contributed by atoms with Crippen molar-refractivity contribution in [1.82, 2.24) is 14.8 Å². The molecule has 0 saturated carbocycles. The van der Waals surface area contributed by atoms with Crippen LogP contribution in [0.3, 0.4) is 0 Å². The van der Waals surface area contributed by atoms with Crippen LogP contribution in [0.1, 0.15) is 16.1 Å². The number of carbonyl (C=O) groups is 1. The van der Waals surface area contributed by atoms with Crippen molar-refractivity contribution in [1.29, 1.82) is 0 Å². The number of carboxylic acid groups (broad SMARTS) is 1. The van der Waals surface area contributed by atoms with Gasteiger partial charge in [0.25, 0.3) is 0 Å². The summed E-state index contributed by atoms with van der Waals surface area (Å²) in [7, 11) is 0. The lowest BCUT2D eigenvalue weighted by molar-refractivity contribution is 0.0690. The van der Waals surface area contributed by atoms with Gasteiger partial charge in [0.2, 0.25) is 0 Å². The maximum Gasteiger partial charge on any atom is 0.356 e. The average molecular weight is 279 g/mol. The topological polar surface area (TPSA) is 68.0 Å². The summed E-state index contributed by atoms with van der Waals surface area (Å²) >= 11 is 0. The molecule has 0 aliphatic carbocycles. The highest BCUT2D eigenvalue weighted by Crippen LogP contribution is 2.24. The number of aromatic nitrogens is 3. The van der Waals surface area contributed by atoms with Gasteiger partial charge in [0.15, 0.2) is 5.69 Å². The summed E-state index contributed by atoms with van der Waals surface area (Å²) in [5.41, 5.74) is 3.18. The molecule has 0 saturated heterocycles. The quantitative estimate of drug-likeness (QED) is 0.800. The summed E-state index contributed by atoms with van der Waals surface area (Å²) in [5.74, 6) is -1.06. The van der Waals surface area contributed by atoms with Crippen LogP contribution in [0.5, 0.6) is 0 Å². The van der Waals surface area contributed by atoms with E-state index < -0.39 is 5.97 Å². The molecule has 0 fully saturated rings. The molecule has 0 spiro atoms. The van der Waals surface area contributed by atoms with Crippen molar-refractivity contribution in [2.24, 2.45) is 0 Å². The number of carboxylic acids is 1. The molecule has 1 aromatic carbocycles. The lowest BCUT2D eigenvalue weighted by Crippen LogP contribution is -2.04. The van der Waals surface area contributed by atoms with Crippen LogP contribution >= 0.6 is 0 Å². The third-order valence-corrected chi connectivity index (χ3v) is 3.20. The van der Waals surface area contributed by atoms with Gasteiger partial charge < -0.3 is 5.11 Å². The number of hydrogen-bond donors (Lipinski definition) is 1. The number of rotatable bonds is 3. The number of aryl methyl sites for hydroxylation is 1. The Hall–Kier alpha value is -2.95. The fourth-order valence-corrected chi connectivity index (χ4v) is 2.17. The minimum absolute atomic E-state index is 0.00101. The normalized spacial score (nSPS) is 10.5. The van der Waals surface area contributed by atoms with Gasteiger partial charge >= 0.3 is 5.97 Å². The molecule has 3 aromatic rings. The Morgan fingerprint density at radius 3 is 2.57 bits per heavy atom. The summed E-state index contributed by atoms with van der Waals surface area (Å²) in [5, 5.41) is 13.4. The van der Waals surface area contributed by atoms with E-state index in [2.05, 4.69) is 10.1 Å². The van der Waals surface area contributed by atoms with Crippen LogP contribution in [0.2, 0.25) is 0 Å². The van der Waals surface area contributed by atoms with Crippen LogP contribution < -0.4 is 0 Å². The van der Waals surface area contributed by atoms with Gasteiger partial charge in [-0.25, -0.2) is 9.48 Å². The largest absolute Gasteiger partial charge is 0.476 e. The van der Waals surface area contributed by atoms with E-state index in [-0.39, 0.29) is 5.69 Å². The van der Waals surface area contributed by atoms with Crippen LogP contribution in [-0.4, -0.2) is 25.8 Å². The highest BCUT2D eigenvalue weighted by Gasteiger charge is 2.17. The average Bonchev–Trinajstić information content (AvgIpc) is 2.94. The highest BCUT2D eigenvalue weighted by molar-refractivity contribution is 5.87. The molecule has 3 rings (SSSR count). The molecular weight excluding hydrogens is 266 g/mol. The summed E-state index contributed by atoms with van der Waals surface area (Å²) in [6.45, 7) is 1.96. The smallest absolute Gasteiger partial charge is 0.356 e. The molecule has 2 heterocycles. The summed E-state index contributed by atoms with van der Waals surface area (Å²) in [6.07, 6.45) is 1.67. The van der Waals surface area contributed by atoms with E-state index in [1.165, 1.54) is 6.07 Å². The molecule has 0 aliphatic rings. The lowest BCUT2D eigenvalue weighted by atomic mass is 10.2. The van der Waals surface area contributed by atoms with Gasteiger partial charge in [-0.3, -0.25) is 4.98 Å². The predicted octanol–water partition coefficient (Wildman–Crippen LogP) is 2.94. The van der Waals surface area contributed by atoms with E-state index in [0.717, 1.165) is 11.3 Å². The van der Waals surface area contributed by atoms with Crippen LogP contribution in [0.25, 0.3) is 17.1 Å². The van der Waals surface area contributed by atoms with Crippen LogP contribution in [-0.2, 0) is 0 Å². The molecule has 104 valence electrons. The van der Waals surface area contributed by atoms with Gasteiger partial charge in [-0.1, -0.05) is 24.3 Å². The van der Waals surface area contributed by atoms with Crippen molar-refractivity contribution in [2.75, 3.05) is 0 Å². The van der Waals surface area contributed by atoms with Crippen LogP contribution in [0.15, 0.2) is 54.7 Å². The van der Waals surface area contributed by atoms with E-state index in [4.69, 9.17) is 0 Å². The molecule has 5 nitrogen and oxygen atoms in total. The molecule has 0 atom stereocenters. The van der Waals surface area contributed by atoms with Crippen molar-refractivity contribution in [3.05, 3.63) is 66.0 Å². The molecule has 2 aromatic heterocycles. The summed E-state index contributed by atoms with van der Waals surface area (Å²) in [6, 6.07) is 14.7. The standard InChI is InChI=1S/C16H13N3O2/c1-11-6-2-3-8-14(11)19-15(10-13(18-19)16(20)21)12-7-4-5-9-17-12/h2-10H,1H3,(H,20,21). The van der Waals surface area contributed by atoms with Gasteiger partial charge in [0.1, 0.15) is 0 Å². The Balaban J connectivity index is 2.24. The van der Waals surface area contributed by atoms with Gasteiger partial charge in [0.05, 0.1) is 17.1 Å². The molecule has 0 radical (unpaired) electrons. The first-order valence-electron chi connectivity index (χ1n) is 6.47. The maximum atomic E-state index is 11.2. The molecule has 0 bridgehead atoms. The Bertz CT molecular complexity index is 794. The zero-order valence-corrected chi connectivity index (χ0v) is 11.4. The third-order valence-electron chi connectivity index (χ3n) is 3.20. The molecule has 5 heteroatoms. The SMILES string of the molecule is Cc1ccccc1-n1nc(C(=O)O)cc1-c1ccccn1. The van der Waals surface area contributed by atoms with Gasteiger partial charge in [-0.15, -0.1) is 0 Å². The number of benzene rings is 1. The number of pyridine rings is 1. The fourth-order valence-electron chi connectivity index (χ4n) is 2.17. The van der Waals surface area contributed by atoms with Crippen LogP contribution in [0, 0.1) is 6.92 Å². The highest BCUT2D eigenvalue weighted by atomic mass is 16.4. The summed E-state index contributed by atoms with van der Waals surface area (Å²) < 4.78 is 1.63. The molecule has 0 aliphatic heterocycles. The minimum Gasteiger partial charge on any atom is -0.476 e. The van der Waals surface area contributed by atoms with E-state index >= 15 is 0 Å². The zero-order chi connectivity index (χ0) is 14.8. The number of para-hydroxylation sites is 1. The van der Waals surface area contributed by atoms with E-state index in [0.29, 0.717) is 11.4 Å². The van der Waals surface area contributed by atoms with E-state index in [1.807, 2.05) is 49.4 Å². The fraction of sp³-hybridized carbons (Fsp3) is 0.0625. The maximum absolute atomic E-state index is 11.2. The molecular formula is C16H13N3O2. The molecule has 1 N–H and O–H groups in total. The second-order valence-corrected chi connectivity index (χ2v) is 4.63. The lowest BCUT2D eigenvalue weighted by Gasteiger charge is -2.09. The summed E-state index contributed by atoms with van der Waals surface area (Å²) in [4.78, 5) is 15.5. The Morgan fingerprint density at radius 1 is 1.14 bits per heavy atom. The molecule has 21 heavy (non-hydrogen) atoms. The van der Waals surface area contributed by atoms with E-state index in [9.17, 15) is 9.90 Å². The van der Waals surface area contributed by atoms with Crippen LogP contribution in [0.4, 0.5) is 0 Å². The van der Waals surface area contributed by atoms with Gasteiger partial charge in [0, 0.05) is 12.3 Å². The minimum atomic E-state index is -1.06. The molecule has 0 unspecified atom stereocenters. The second-order valence-electron chi connectivity index (χ2n) is 4.63. The van der Waals surface area contributed by atoms with Crippen molar-refractivity contribution >= 4 is 5.97 Å².